The second-order valence-electron chi connectivity index (χ2n) is 3.25. The summed E-state index contributed by atoms with van der Waals surface area (Å²) >= 11 is 3.27. The van der Waals surface area contributed by atoms with E-state index in [1.807, 2.05) is 12.2 Å². The molecule has 3 nitrogen and oxygen atoms in total. The Morgan fingerprint density at radius 1 is 1.07 bits per heavy atom. The van der Waals surface area contributed by atoms with Gasteiger partial charge in [-0.3, -0.25) is 0 Å². The Kier molecular flexibility index (Phi) is 2.95. The van der Waals surface area contributed by atoms with E-state index in [-0.39, 0.29) is 0 Å². The average Bonchev–Trinajstić information content (AvgIpc) is 2.71. The number of benzene rings is 1. The van der Waals surface area contributed by atoms with Gasteiger partial charge in [-0.05, 0) is 24.3 Å². The maximum Gasteiger partial charge on any atom is 0.243 e. The molecule has 0 atom stereocenters. The first-order chi connectivity index (χ1) is 7.10. The van der Waals surface area contributed by atoms with Gasteiger partial charge in [-0.25, -0.2) is 8.42 Å². The van der Waals surface area contributed by atoms with Crippen molar-refractivity contribution in [3.63, 3.8) is 0 Å². The fourth-order valence-corrected chi connectivity index (χ4v) is 3.02. The van der Waals surface area contributed by atoms with Crippen molar-refractivity contribution in [1.29, 1.82) is 0 Å². The minimum atomic E-state index is -3.31. The minimum Gasteiger partial charge on any atom is -0.207 e. The SMILES string of the molecule is O=S(=O)(c1ccc(Br)cc1)N1CC=CC1. The van der Waals surface area contributed by atoms with Crippen LogP contribution in [-0.4, -0.2) is 25.8 Å². The third kappa shape index (κ3) is 2.14. The van der Waals surface area contributed by atoms with Gasteiger partial charge in [0.1, 0.15) is 0 Å². The van der Waals surface area contributed by atoms with E-state index in [9.17, 15) is 8.42 Å². The first-order valence-corrected chi connectivity index (χ1v) is 6.75. The summed E-state index contributed by atoms with van der Waals surface area (Å²) in [5.41, 5.74) is 0. The molecule has 0 unspecified atom stereocenters. The Morgan fingerprint density at radius 2 is 1.60 bits per heavy atom. The lowest BCUT2D eigenvalue weighted by atomic mass is 10.4. The molecule has 1 aromatic rings. The Balaban J connectivity index is 2.33. The quantitative estimate of drug-likeness (QED) is 0.781. The molecule has 0 saturated heterocycles. The highest BCUT2D eigenvalue weighted by molar-refractivity contribution is 9.10. The third-order valence-electron chi connectivity index (χ3n) is 2.24. The van der Waals surface area contributed by atoms with Crippen LogP contribution in [0.15, 0.2) is 45.8 Å². The maximum atomic E-state index is 12.0. The van der Waals surface area contributed by atoms with Crippen molar-refractivity contribution in [3.05, 3.63) is 40.9 Å². The summed E-state index contributed by atoms with van der Waals surface area (Å²) in [7, 11) is -3.31. The van der Waals surface area contributed by atoms with Gasteiger partial charge in [-0.15, -0.1) is 0 Å². The van der Waals surface area contributed by atoms with Gasteiger partial charge in [-0.1, -0.05) is 28.1 Å². The third-order valence-corrected chi connectivity index (χ3v) is 4.61. The maximum absolute atomic E-state index is 12.0. The molecular formula is C10H10BrNO2S. The average molecular weight is 288 g/mol. The van der Waals surface area contributed by atoms with Crippen LogP contribution in [0.1, 0.15) is 0 Å². The van der Waals surface area contributed by atoms with Crippen LogP contribution in [-0.2, 0) is 10.0 Å². The Hall–Kier alpha value is -0.650. The topological polar surface area (TPSA) is 37.4 Å². The molecule has 1 aliphatic rings. The zero-order chi connectivity index (χ0) is 10.9. The van der Waals surface area contributed by atoms with Crippen LogP contribution < -0.4 is 0 Å². The van der Waals surface area contributed by atoms with E-state index in [1.54, 1.807) is 24.3 Å². The highest BCUT2D eigenvalue weighted by atomic mass is 79.9. The smallest absolute Gasteiger partial charge is 0.207 e. The van der Waals surface area contributed by atoms with Crippen molar-refractivity contribution in [3.8, 4) is 0 Å². The molecule has 0 aromatic heterocycles. The van der Waals surface area contributed by atoms with Gasteiger partial charge < -0.3 is 0 Å². The first kappa shape index (κ1) is 10.9. The molecule has 1 aliphatic heterocycles. The molecule has 2 rings (SSSR count). The Morgan fingerprint density at radius 3 is 2.13 bits per heavy atom. The summed E-state index contributed by atoms with van der Waals surface area (Å²) in [5, 5.41) is 0. The molecule has 0 bridgehead atoms. The summed E-state index contributed by atoms with van der Waals surface area (Å²) in [5.74, 6) is 0. The highest BCUT2D eigenvalue weighted by Gasteiger charge is 2.24. The van der Waals surface area contributed by atoms with E-state index < -0.39 is 10.0 Å². The van der Waals surface area contributed by atoms with Crippen LogP contribution >= 0.6 is 15.9 Å². The van der Waals surface area contributed by atoms with E-state index in [2.05, 4.69) is 15.9 Å². The zero-order valence-electron chi connectivity index (χ0n) is 7.93. The summed E-state index contributed by atoms with van der Waals surface area (Å²) < 4.78 is 26.3. The Labute approximate surface area is 97.6 Å². The molecule has 15 heavy (non-hydrogen) atoms. The normalized spacial score (nSPS) is 17.1. The van der Waals surface area contributed by atoms with Crippen LogP contribution in [0.25, 0.3) is 0 Å². The van der Waals surface area contributed by atoms with E-state index in [0.717, 1.165) is 4.47 Å². The van der Waals surface area contributed by atoms with E-state index in [0.29, 0.717) is 18.0 Å². The number of sulfonamides is 1. The van der Waals surface area contributed by atoms with Gasteiger partial charge in [0.05, 0.1) is 4.90 Å². The van der Waals surface area contributed by atoms with Gasteiger partial charge in [0.15, 0.2) is 0 Å². The molecule has 0 saturated carbocycles. The number of hydrogen-bond donors (Lipinski definition) is 0. The summed E-state index contributed by atoms with van der Waals surface area (Å²) in [6.45, 7) is 0.941. The molecule has 0 radical (unpaired) electrons. The molecule has 0 N–H and O–H groups in total. The lowest BCUT2D eigenvalue weighted by molar-refractivity contribution is 0.488. The zero-order valence-corrected chi connectivity index (χ0v) is 10.3. The molecule has 0 amide bonds. The first-order valence-electron chi connectivity index (χ1n) is 4.51. The predicted molar refractivity (Wildman–Crippen MR) is 62.0 cm³/mol. The van der Waals surface area contributed by atoms with Crippen LogP contribution in [0.4, 0.5) is 0 Å². The molecule has 5 heteroatoms. The number of hydrogen-bond acceptors (Lipinski definition) is 2. The van der Waals surface area contributed by atoms with Crippen molar-refractivity contribution < 1.29 is 8.42 Å². The summed E-state index contributed by atoms with van der Waals surface area (Å²) in [6, 6.07) is 6.68. The molecule has 0 aliphatic carbocycles. The van der Waals surface area contributed by atoms with Gasteiger partial charge in [0.25, 0.3) is 0 Å². The van der Waals surface area contributed by atoms with E-state index in [4.69, 9.17) is 0 Å². The van der Waals surface area contributed by atoms with Crippen LogP contribution in [0.3, 0.4) is 0 Å². The predicted octanol–water partition coefficient (Wildman–Crippen LogP) is 2.01. The van der Waals surface area contributed by atoms with Crippen molar-refractivity contribution in [2.75, 3.05) is 13.1 Å². The summed E-state index contributed by atoms with van der Waals surface area (Å²) in [6.07, 6.45) is 3.72. The van der Waals surface area contributed by atoms with E-state index >= 15 is 0 Å². The molecule has 0 spiro atoms. The van der Waals surface area contributed by atoms with Crippen molar-refractivity contribution >= 4 is 26.0 Å². The van der Waals surface area contributed by atoms with Crippen molar-refractivity contribution in [2.24, 2.45) is 0 Å². The largest absolute Gasteiger partial charge is 0.243 e. The van der Waals surface area contributed by atoms with Gasteiger partial charge in [0.2, 0.25) is 10.0 Å². The van der Waals surface area contributed by atoms with Crippen LogP contribution in [0, 0.1) is 0 Å². The standard InChI is InChI=1S/C10H10BrNO2S/c11-9-3-5-10(6-4-9)15(13,14)12-7-1-2-8-12/h1-6H,7-8H2. The van der Waals surface area contributed by atoms with Gasteiger partial charge in [-0.2, -0.15) is 4.31 Å². The highest BCUT2D eigenvalue weighted by Crippen LogP contribution is 2.19. The molecule has 1 heterocycles. The van der Waals surface area contributed by atoms with Crippen molar-refractivity contribution in [1.82, 2.24) is 4.31 Å². The molecule has 80 valence electrons. The lowest BCUT2D eigenvalue weighted by Crippen LogP contribution is -2.28. The van der Waals surface area contributed by atoms with Gasteiger partial charge >= 0.3 is 0 Å². The number of halogens is 1. The fraction of sp³-hybridized carbons (Fsp3) is 0.200. The monoisotopic (exact) mass is 287 g/mol. The van der Waals surface area contributed by atoms with Gasteiger partial charge in [0, 0.05) is 17.6 Å². The number of rotatable bonds is 2. The van der Waals surface area contributed by atoms with Crippen LogP contribution in [0.5, 0.6) is 0 Å². The van der Waals surface area contributed by atoms with E-state index in [1.165, 1.54) is 4.31 Å². The lowest BCUT2D eigenvalue weighted by Gasteiger charge is -2.15. The Bertz CT molecular complexity index is 471. The fourth-order valence-electron chi connectivity index (χ4n) is 1.41. The van der Waals surface area contributed by atoms with Crippen molar-refractivity contribution in [2.45, 2.75) is 4.90 Å². The molecule has 0 fully saturated rings. The summed E-state index contributed by atoms with van der Waals surface area (Å²) in [4.78, 5) is 0.342. The number of nitrogens with zero attached hydrogens (tertiary/aromatic N) is 1. The second kappa shape index (κ2) is 4.08. The second-order valence-corrected chi connectivity index (χ2v) is 6.10. The molecule has 1 aromatic carbocycles. The van der Waals surface area contributed by atoms with Crippen LogP contribution in [0.2, 0.25) is 0 Å². The molecular weight excluding hydrogens is 278 g/mol. The minimum absolute atomic E-state index is 0.342.